The molecule has 0 aliphatic carbocycles. The van der Waals surface area contributed by atoms with Gasteiger partial charge in [0.25, 0.3) is 0 Å². The monoisotopic (exact) mass is 232 g/mol. The van der Waals surface area contributed by atoms with Gasteiger partial charge in [-0.25, -0.2) is 0 Å². The zero-order chi connectivity index (χ0) is 11.7. The number of rotatable bonds is 2. The Balaban J connectivity index is 2.05. The van der Waals surface area contributed by atoms with Crippen molar-refractivity contribution in [3.63, 3.8) is 0 Å². The number of ether oxygens (including phenoxy) is 1. The van der Waals surface area contributed by atoms with Crippen LogP contribution in [0.4, 0.5) is 0 Å². The van der Waals surface area contributed by atoms with Crippen LogP contribution in [0.2, 0.25) is 0 Å². The number of nitrogens with two attached hydrogens (primary N) is 1. The van der Waals surface area contributed by atoms with Gasteiger partial charge in [-0.15, -0.1) is 10.2 Å². The second-order valence-corrected chi connectivity index (χ2v) is 4.40. The Kier molecular flexibility index (Phi) is 2.78. The van der Waals surface area contributed by atoms with E-state index in [1.54, 1.807) is 0 Å². The maximum absolute atomic E-state index is 5.70. The molecular weight excluding hydrogens is 216 g/mol. The first-order chi connectivity index (χ1) is 8.40. The molecule has 3 heterocycles. The van der Waals surface area contributed by atoms with E-state index in [4.69, 9.17) is 10.5 Å². The van der Waals surface area contributed by atoms with Crippen molar-refractivity contribution in [3.05, 3.63) is 29.7 Å². The third-order valence-corrected chi connectivity index (χ3v) is 3.29. The summed E-state index contributed by atoms with van der Waals surface area (Å²) in [6.07, 6.45) is 4.21. The Morgan fingerprint density at radius 2 is 2.41 bits per heavy atom. The molecule has 3 rings (SSSR count). The van der Waals surface area contributed by atoms with E-state index < -0.39 is 0 Å². The standard InChI is InChI=1S/C12H16N4O/c13-7-9-3-1-5-16-11(9)14-15-12(16)10-4-2-6-17-8-10/h1,3,5,10H,2,4,6-8,13H2. The van der Waals surface area contributed by atoms with Crippen LogP contribution in [0.5, 0.6) is 0 Å². The second kappa shape index (κ2) is 4.43. The first-order valence-corrected chi connectivity index (χ1v) is 6.00. The van der Waals surface area contributed by atoms with E-state index in [-0.39, 0.29) is 0 Å². The molecule has 90 valence electrons. The maximum atomic E-state index is 5.70. The highest BCUT2D eigenvalue weighted by Crippen LogP contribution is 2.24. The molecule has 0 bridgehead atoms. The zero-order valence-corrected chi connectivity index (χ0v) is 9.67. The minimum Gasteiger partial charge on any atom is -0.381 e. The fourth-order valence-electron chi connectivity index (χ4n) is 2.37. The lowest BCUT2D eigenvalue weighted by Gasteiger charge is -2.20. The fraction of sp³-hybridized carbons (Fsp3) is 0.500. The number of aromatic nitrogens is 3. The van der Waals surface area contributed by atoms with E-state index >= 15 is 0 Å². The summed E-state index contributed by atoms with van der Waals surface area (Å²) < 4.78 is 7.55. The molecule has 5 nitrogen and oxygen atoms in total. The summed E-state index contributed by atoms with van der Waals surface area (Å²) in [4.78, 5) is 0. The molecule has 0 radical (unpaired) electrons. The van der Waals surface area contributed by atoms with E-state index in [2.05, 4.69) is 10.2 Å². The molecule has 2 N–H and O–H groups in total. The molecule has 1 fully saturated rings. The molecule has 1 atom stereocenters. The van der Waals surface area contributed by atoms with Crippen LogP contribution in [-0.4, -0.2) is 27.8 Å². The van der Waals surface area contributed by atoms with Crippen LogP contribution >= 0.6 is 0 Å². The van der Waals surface area contributed by atoms with Crippen LogP contribution in [0, 0.1) is 0 Å². The van der Waals surface area contributed by atoms with Gasteiger partial charge in [0.05, 0.1) is 6.61 Å². The van der Waals surface area contributed by atoms with Gasteiger partial charge < -0.3 is 10.5 Å². The summed E-state index contributed by atoms with van der Waals surface area (Å²) in [5.41, 5.74) is 7.60. The average molecular weight is 232 g/mol. The summed E-state index contributed by atoms with van der Waals surface area (Å²) >= 11 is 0. The van der Waals surface area contributed by atoms with Gasteiger partial charge in [-0.3, -0.25) is 4.40 Å². The maximum Gasteiger partial charge on any atom is 0.165 e. The molecule has 1 unspecified atom stereocenters. The molecule has 17 heavy (non-hydrogen) atoms. The molecular formula is C12H16N4O. The Hall–Kier alpha value is -1.46. The molecule has 0 spiro atoms. The Bertz CT molecular complexity index is 516. The van der Waals surface area contributed by atoms with Gasteiger partial charge in [0.2, 0.25) is 0 Å². The number of pyridine rings is 1. The molecule has 0 saturated carbocycles. The first kappa shape index (κ1) is 10.7. The van der Waals surface area contributed by atoms with Gasteiger partial charge in [0.15, 0.2) is 5.65 Å². The molecule has 2 aromatic rings. The van der Waals surface area contributed by atoms with Crippen molar-refractivity contribution in [1.29, 1.82) is 0 Å². The Morgan fingerprint density at radius 1 is 1.47 bits per heavy atom. The topological polar surface area (TPSA) is 65.4 Å². The summed E-state index contributed by atoms with van der Waals surface area (Å²) in [7, 11) is 0. The van der Waals surface area contributed by atoms with Gasteiger partial charge in [-0.05, 0) is 18.9 Å². The van der Waals surface area contributed by atoms with Crippen molar-refractivity contribution >= 4 is 5.65 Å². The van der Waals surface area contributed by atoms with E-state index in [1.165, 1.54) is 0 Å². The van der Waals surface area contributed by atoms with Crippen LogP contribution in [0.1, 0.15) is 30.1 Å². The third kappa shape index (κ3) is 1.81. The zero-order valence-electron chi connectivity index (χ0n) is 9.67. The van der Waals surface area contributed by atoms with Crippen LogP contribution < -0.4 is 5.73 Å². The van der Waals surface area contributed by atoms with Gasteiger partial charge in [0.1, 0.15) is 5.82 Å². The Labute approximate surface area is 99.6 Å². The van der Waals surface area contributed by atoms with E-state index in [0.29, 0.717) is 12.5 Å². The van der Waals surface area contributed by atoms with Gasteiger partial charge in [-0.2, -0.15) is 0 Å². The van der Waals surface area contributed by atoms with Crippen LogP contribution in [-0.2, 0) is 11.3 Å². The highest BCUT2D eigenvalue weighted by molar-refractivity contribution is 5.47. The van der Waals surface area contributed by atoms with Gasteiger partial charge >= 0.3 is 0 Å². The average Bonchev–Trinajstić information content (AvgIpc) is 2.83. The van der Waals surface area contributed by atoms with Gasteiger partial charge in [0, 0.05) is 30.8 Å². The molecule has 0 aromatic carbocycles. The Morgan fingerprint density at radius 3 is 3.18 bits per heavy atom. The van der Waals surface area contributed by atoms with E-state index in [0.717, 1.165) is 43.1 Å². The summed E-state index contributed by atoms with van der Waals surface area (Å²) in [6, 6.07) is 3.98. The van der Waals surface area contributed by atoms with Crippen LogP contribution in [0.25, 0.3) is 5.65 Å². The van der Waals surface area contributed by atoms with E-state index in [9.17, 15) is 0 Å². The lowest BCUT2D eigenvalue weighted by atomic mass is 10.0. The van der Waals surface area contributed by atoms with Crippen molar-refractivity contribution in [2.45, 2.75) is 25.3 Å². The SMILES string of the molecule is NCc1cccn2c(C3CCCOC3)nnc12. The van der Waals surface area contributed by atoms with Crippen molar-refractivity contribution in [2.75, 3.05) is 13.2 Å². The minimum absolute atomic E-state index is 0.353. The molecule has 1 aliphatic rings. The third-order valence-electron chi connectivity index (χ3n) is 3.29. The smallest absolute Gasteiger partial charge is 0.165 e. The molecule has 1 aliphatic heterocycles. The highest BCUT2D eigenvalue weighted by Gasteiger charge is 2.21. The largest absolute Gasteiger partial charge is 0.381 e. The van der Waals surface area contributed by atoms with Crippen LogP contribution in [0.15, 0.2) is 18.3 Å². The quantitative estimate of drug-likeness (QED) is 0.841. The van der Waals surface area contributed by atoms with Gasteiger partial charge in [-0.1, -0.05) is 6.07 Å². The summed E-state index contributed by atoms with van der Waals surface area (Å²) in [6.45, 7) is 2.10. The summed E-state index contributed by atoms with van der Waals surface area (Å²) in [5.74, 6) is 1.35. The number of nitrogens with zero attached hydrogens (tertiary/aromatic N) is 3. The normalized spacial score (nSPS) is 20.9. The molecule has 2 aromatic heterocycles. The van der Waals surface area contributed by atoms with Crippen molar-refractivity contribution in [1.82, 2.24) is 14.6 Å². The predicted octanol–water partition coefficient (Wildman–Crippen LogP) is 1.08. The summed E-state index contributed by atoms with van der Waals surface area (Å²) in [5, 5.41) is 8.55. The van der Waals surface area contributed by atoms with Crippen LogP contribution in [0.3, 0.4) is 0 Å². The first-order valence-electron chi connectivity index (χ1n) is 6.00. The number of fused-ring (bicyclic) bond motifs is 1. The van der Waals surface area contributed by atoms with E-state index in [1.807, 2.05) is 22.7 Å². The molecule has 5 heteroatoms. The lowest BCUT2D eigenvalue weighted by Crippen LogP contribution is -2.17. The minimum atomic E-state index is 0.353. The second-order valence-electron chi connectivity index (χ2n) is 4.40. The molecule has 1 saturated heterocycles. The number of hydrogen-bond donors (Lipinski definition) is 1. The van der Waals surface area contributed by atoms with Crippen molar-refractivity contribution in [3.8, 4) is 0 Å². The fourth-order valence-corrected chi connectivity index (χ4v) is 2.37. The highest BCUT2D eigenvalue weighted by atomic mass is 16.5. The number of hydrogen-bond acceptors (Lipinski definition) is 4. The van der Waals surface area contributed by atoms with Crippen molar-refractivity contribution in [2.24, 2.45) is 5.73 Å². The van der Waals surface area contributed by atoms with Crippen molar-refractivity contribution < 1.29 is 4.74 Å². The predicted molar refractivity (Wildman–Crippen MR) is 63.7 cm³/mol. The molecule has 0 amide bonds. The lowest BCUT2D eigenvalue weighted by molar-refractivity contribution is 0.0778.